The van der Waals surface area contributed by atoms with E-state index in [-0.39, 0.29) is 17.7 Å². The standard InChI is InChI=1S/C15H23NO2/c1-10-5-6-11(15(2,3)4)9-12(10)13(17)7-8-14(16)18/h5-6,9,13,17H,7-8H2,1-4H3,(H2,16,18). The van der Waals surface area contributed by atoms with E-state index in [9.17, 15) is 9.90 Å². The number of benzene rings is 1. The summed E-state index contributed by atoms with van der Waals surface area (Å²) in [6.07, 6.45) is -0.0378. The molecule has 0 aliphatic carbocycles. The van der Waals surface area contributed by atoms with E-state index >= 15 is 0 Å². The van der Waals surface area contributed by atoms with Crippen molar-refractivity contribution >= 4 is 5.91 Å². The van der Waals surface area contributed by atoms with Gasteiger partial charge in [-0.25, -0.2) is 0 Å². The Morgan fingerprint density at radius 1 is 1.39 bits per heavy atom. The molecule has 3 nitrogen and oxygen atoms in total. The Hall–Kier alpha value is -1.35. The quantitative estimate of drug-likeness (QED) is 0.861. The summed E-state index contributed by atoms with van der Waals surface area (Å²) in [7, 11) is 0. The molecule has 0 radical (unpaired) electrons. The van der Waals surface area contributed by atoms with Crippen LogP contribution in [0.15, 0.2) is 18.2 Å². The third-order valence-electron chi connectivity index (χ3n) is 3.17. The maximum Gasteiger partial charge on any atom is 0.217 e. The van der Waals surface area contributed by atoms with Crippen molar-refractivity contribution in [2.24, 2.45) is 5.73 Å². The lowest BCUT2D eigenvalue weighted by molar-refractivity contribution is -0.118. The van der Waals surface area contributed by atoms with E-state index in [1.54, 1.807) is 0 Å². The number of primary amides is 1. The Balaban J connectivity index is 2.97. The molecule has 0 spiro atoms. The summed E-state index contributed by atoms with van der Waals surface area (Å²) in [6.45, 7) is 8.38. The van der Waals surface area contributed by atoms with Crippen LogP contribution in [0.25, 0.3) is 0 Å². The van der Waals surface area contributed by atoms with E-state index in [0.717, 1.165) is 11.1 Å². The fourth-order valence-corrected chi connectivity index (χ4v) is 1.90. The highest BCUT2D eigenvalue weighted by Crippen LogP contribution is 2.28. The maximum absolute atomic E-state index is 10.8. The van der Waals surface area contributed by atoms with Crippen LogP contribution in [-0.4, -0.2) is 11.0 Å². The number of rotatable bonds is 4. The molecule has 0 aliphatic rings. The minimum Gasteiger partial charge on any atom is -0.388 e. The summed E-state index contributed by atoms with van der Waals surface area (Å²) in [5.41, 5.74) is 8.27. The number of carbonyl (C=O) groups is 1. The Bertz CT molecular complexity index is 433. The zero-order valence-corrected chi connectivity index (χ0v) is 11.7. The van der Waals surface area contributed by atoms with Gasteiger partial charge in [-0.05, 0) is 35.4 Å². The first-order chi connectivity index (χ1) is 8.21. The molecule has 18 heavy (non-hydrogen) atoms. The molecule has 1 atom stereocenters. The summed E-state index contributed by atoms with van der Waals surface area (Å²) >= 11 is 0. The van der Waals surface area contributed by atoms with Gasteiger partial charge in [-0.15, -0.1) is 0 Å². The van der Waals surface area contributed by atoms with Crippen LogP contribution in [0.2, 0.25) is 0 Å². The zero-order valence-electron chi connectivity index (χ0n) is 11.7. The number of amides is 1. The first kappa shape index (κ1) is 14.7. The van der Waals surface area contributed by atoms with Gasteiger partial charge < -0.3 is 10.8 Å². The summed E-state index contributed by atoms with van der Waals surface area (Å²) in [6, 6.07) is 6.13. The van der Waals surface area contributed by atoms with Crippen LogP contribution < -0.4 is 5.73 Å². The lowest BCUT2D eigenvalue weighted by Gasteiger charge is -2.22. The molecule has 0 aromatic heterocycles. The molecule has 3 N–H and O–H groups in total. The maximum atomic E-state index is 10.8. The monoisotopic (exact) mass is 249 g/mol. The largest absolute Gasteiger partial charge is 0.388 e. The highest BCUT2D eigenvalue weighted by Gasteiger charge is 2.18. The van der Waals surface area contributed by atoms with Crippen LogP contribution >= 0.6 is 0 Å². The van der Waals surface area contributed by atoms with Crippen molar-refractivity contribution in [2.45, 2.75) is 52.1 Å². The van der Waals surface area contributed by atoms with E-state index < -0.39 is 6.10 Å². The number of hydrogen-bond acceptors (Lipinski definition) is 2. The second-order valence-corrected chi connectivity index (χ2v) is 5.84. The SMILES string of the molecule is Cc1ccc(C(C)(C)C)cc1C(O)CCC(N)=O. The van der Waals surface area contributed by atoms with Crippen molar-refractivity contribution in [3.8, 4) is 0 Å². The molecule has 0 bridgehead atoms. The lowest BCUT2D eigenvalue weighted by atomic mass is 9.84. The predicted molar refractivity (Wildman–Crippen MR) is 73.3 cm³/mol. The molecular formula is C15H23NO2. The van der Waals surface area contributed by atoms with Crippen LogP contribution in [0.1, 0.15) is 56.4 Å². The normalized spacial score (nSPS) is 13.4. The second-order valence-electron chi connectivity index (χ2n) is 5.84. The Labute approximate surface area is 109 Å². The van der Waals surface area contributed by atoms with E-state index in [4.69, 9.17) is 5.73 Å². The Morgan fingerprint density at radius 3 is 2.50 bits per heavy atom. The number of aliphatic hydroxyl groups is 1. The second kappa shape index (κ2) is 5.53. The Kier molecular flexibility index (Phi) is 4.52. The summed E-state index contributed by atoms with van der Waals surface area (Å²) in [4.78, 5) is 10.8. The van der Waals surface area contributed by atoms with Gasteiger partial charge in [-0.1, -0.05) is 39.0 Å². The molecule has 1 amide bonds. The van der Waals surface area contributed by atoms with Gasteiger partial charge in [0.15, 0.2) is 0 Å². The van der Waals surface area contributed by atoms with Crippen LogP contribution in [0.4, 0.5) is 0 Å². The molecule has 100 valence electrons. The molecular weight excluding hydrogens is 226 g/mol. The fourth-order valence-electron chi connectivity index (χ4n) is 1.90. The minimum absolute atomic E-state index is 0.0475. The summed E-state index contributed by atoms with van der Waals surface area (Å²) in [5.74, 6) is -0.376. The first-order valence-corrected chi connectivity index (χ1v) is 6.29. The van der Waals surface area contributed by atoms with E-state index in [1.165, 1.54) is 5.56 Å². The third-order valence-corrected chi connectivity index (χ3v) is 3.17. The number of aliphatic hydroxyl groups excluding tert-OH is 1. The topological polar surface area (TPSA) is 63.3 Å². The highest BCUT2D eigenvalue weighted by atomic mass is 16.3. The van der Waals surface area contributed by atoms with Crippen molar-refractivity contribution in [2.75, 3.05) is 0 Å². The van der Waals surface area contributed by atoms with Crippen LogP contribution in [0, 0.1) is 6.92 Å². The average molecular weight is 249 g/mol. The van der Waals surface area contributed by atoms with E-state index in [0.29, 0.717) is 6.42 Å². The van der Waals surface area contributed by atoms with Crippen LogP contribution in [0.3, 0.4) is 0 Å². The molecule has 1 unspecified atom stereocenters. The van der Waals surface area contributed by atoms with E-state index in [2.05, 4.69) is 26.8 Å². The van der Waals surface area contributed by atoms with Crippen molar-refractivity contribution < 1.29 is 9.90 Å². The van der Waals surface area contributed by atoms with Crippen molar-refractivity contribution in [1.82, 2.24) is 0 Å². The third kappa shape index (κ3) is 3.84. The first-order valence-electron chi connectivity index (χ1n) is 6.29. The zero-order chi connectivity index (χ0) is 13.9. The number of hydrogen-bond donors (Lipinski definition) is 2. The van der Waals surface area contributed by atoms with Gasteiger partial charge in [0.2, 0.25) is 5.91 Å². The van der Waals surface area contributed by atoms with Gasteiger partial charge in [0.25, 0.3) is 0 Å². The molecule has 1 aromatic rings. The van der Waals surface area contributed by atoms with Crippen molar-refractivity contribution in [1.29, 1.82) is 0 Å². The molecule has 0 saturated heterocycles. The summed E-state index contributed by atoms with van der Waals surface area (Å²) in [5, 5.41) is 10.1. The van der Waals surface area contributed by atoms with Crippen LogP contribution in [0.5, 0.6) is 0 Å². The summed E-state index contributed by atoms with van der Waals surface area (Å²) < 4.78 is 0. The van der Waals surface area contributed by atoms with E-state index in [1.807, 2.05) is 19.1 Å². The van der Waals surface area contributed by atoms with Gasteiger partial charge >= 0.3 is 0 Å². The molecule has 3 heteroatoms. The smallest absolute Gasteiger partial charge is 0.217 e. The Morgan fingerprint density at radius 2 is 2.00 bits per heavy atom. The highest BCUT2D eigenvalue weighted by molar-refractivity contribution is 5.73. The number of nitrogens with two attached hydrogens (primary N) is 1. The van der Waals surface area contributed by atoms with Gasteiger partial charge in [-0.2, -0.15) is 0 Å². The van der Waals surface area contributed by atoms with Gasteiger partial charge in [0, 0.05) is 6.42 Å². The molecule has 1 aromatic carbocycles. The molecule has 0 heterocycles. The predicted octanol–water partition coefficient (Wildman–Crippen LogP) is 2.59. The fraction of sp³-hybridized carbons (Fsp3) is 0.533. The molecule has 0 aliphatic heterocycles. The van der Waals surface area contributed by atoms with Crippen molar-refractivity contribution in [3.63, 3.8) is 0 Å². The van der Waals surface area contributed by atoms with Gasteiger partial charge in [0.1, 0.15) is 0 Å². The average Bonchev–Trinajstić information content (AvgIpc) is 2.24. The van der Waals surface area contributed by atoms with Crippen LogP contribution in [-0.2, 0) is 10.2 Å². The van der Waals surface area contributed by atoms with Crippen molar-refractivity contribution in [3.05, 3.63) is 34.9 Å². The lowest BCUT2D eigenvalue weighted by Crippen LogP contribution is -2.14. The molecule has 0 fully saturated rings. The number of aryl methyl sites for hydroxylation is 1. The van der Waals surface area contributed by atoms with Gasteiger partial charge in [-0.3, -0.25) is 4.79 Å². The number of carbonyl (C=O) groups excluding carboxylic acids is 1. The minimum atomic E-state index is -0.625. The van der Waals surface area contributed by atoms with Gasteiger partial charge in [0.05, 0.1) is 6.10 Å². The molecule has 1 rings (SSSR count). The molecule has 0 saturated carbocycles.